The van der Waals surface area contributed by atoms with E-state index in [1.165, 1.54) is 17.0 Å². The van der Waals surface area contributed by atoms with Crippen LogP contribution in [0.25, 0.3) is 0 Å². The maximum atomic E-state index is 14.0. The molecule has 1 N–H and O–H groups in total. The third-order valence-electron chi connectivity index (χ3n) is 7.32. The van der Waals surface area contributed by atoms with E-state index in [1.807, 2.05) is 31.2 Å². The summed E-state index contributed by atoms with van der Waals surface area (Å²) >= 11 is 6.07. The van der Waals surface area contributed by atoms with Crippen molar-refractivity contribution in [3.05, 3.63) is 95.0 Å². The van der Waals surface area contributed by atoms with Crippen LogP contribution in [0, 0.1) is 6.92 Å². The summed E-state index contributed by atoms with van der Waals surface area (Å²) in [5, 5.41) is 3.56. The Morgan fingerprint density at radius 1 is 0.925 bits per heavy atom. The lowest BCUT2D eigenvalue weighted by atomic mass is 9.95. The molecule has 1 atom stereocenters. The molecule has 4 rings (SSSR count). The molecule has 0 bridgehead atoms. The molecule has 0 radical (unpaired) electrons. The molecule has 1 aliphatic rings. The van der Waals surface area contributed by atoms with Crippen molar-refractivity contribution in [3.63, 3.8) is 0 Å². The standard InChI is InChI=1S/C31H36ClN3O4S/c1-23-13-15-25(16-14-23)21-34(24(2)31(37)33-27-9-5-3-6-10-27)30(36)22-35(28-19-17-26(32)18-20-28)40(38,39)29-11-7-4-8-12-29/h4,7-8,11-20,24,27H,3,5-6,9-10,21-22H2,1-2H3,(H,33,37)/t24-/m0/s1. The highest BCUT2D eigenvalue weighted by Crippen LogP contribution is 2.26. The Morgan fingerprint density at radius 2 is 1.55 bits per heavy atom. The van der Waals surface area contributed by atoms with E-state index >= 15 is 0 Å². The normalized spacial score (nSPS) is 14.8. The second-order valence-electron chi connectivity index (χ2n) is 10.3. The second kappa shape index (κ2) is 13.3. The highest BCUT2D eigenvalue weighted by Gasteiger charge is 2.33. The summed E-state index contributed by atoms with van der Waals surface area (Å²) in [5.41, 5.74) is 2.23. The van der Waals surface area contributed by atoms with E-state index in [4.69, 9.17) is 11.6 Å². The quantitative estimate of drug-likeness (QED) is 0.332. The Balaban J connectivity index is 1.65. The van der Waals surface area contributed by atoms with Gasteiger partial charge < -0.3 is 10.2 Å². The molecule has 40 heavy (non-hydrogen) atoms. The number of hydrogen-bond acceptors (Lipinski definition) is 4. The molecule has 1 aliphatic carbocycles. The van der Waals surface area contributed by atoms with Gasteiger partial charge in [0.05, 0.1) is 10.6 Å². The average Bonchev–Trinajstić information content (AvgIpc) is 2.96. The van der Waals surface area contributed by atoms with Crippen molar-refractivity contribution in [2.24, 2.45) is 0 Å². The molecule has 1 fully saturated rings. The van der Waals surface area contributed by atoms with Gasteiger partial charge in [-0.2, -0.15) is 0 Å². The molecule has 3 aromatic rings. The number of halogens is 1. The fourth-order valence-corrected chi connectivity index (χ4v) is 6.46. The molecular weight excluding hydrogens is 546 g/mol. The topological polar surface area (TPSA) is 86.8 Å². The number of hydrogen-bond donors (Lipinski definition) is 1. The smallest absolute Gasteiger partial charge is 0.264 e. The van der Waals surface area contributed by atoms with E-state index < -0.39 is 28.5 Å². The first-order chi connectivity index (χ1) is 19.1. The molecule has 0 aliphatic heterocycles. The van der Waals surface area contributed by atoms with Gasteiger partial charge in [0.1, 0.15) is 12.6 Å². The number of amides is 2. The van der Waals surface area contributed by atoms with Gasteiger partial charge in [-0.05, 0) is 68.7 Å². The van der Waals surface area contributed by atoms with Crippen LogP contribution in [0.1, 0.15) is 50.2 Å². The van der Waals surface area contributed by atoms with Crippen LogP contribution in [0.4, 0.5) is 5.69 Å². The maximum absolute atomic E-state index is 14.0. The van der Waals surface area contributed by atoms with Crippen LogP contribution in [0.5, 0.6) is 0 Å². The summed E-state index contributed by atoms with van der Waals surface area (Å²) in [5.74, 6) is -0.724. The van der Waals surface area contributed by atoms with Gasteiger partial charge >= 0.3 is 0 Å². The second-order valence-corrected chi connectivity index (χ2v) is 12.6. The maximum Gasteiger partial charge on any atom is 0.264 e. The molecule has 7 nitrogen and oxygen atoms in total. The summed E-state index contributed by atoms with van der Waals surface area (Å²) in [4.78, 5) is 28.9. The van der Waals surface area contributed by atoms with Gasteiger partial charge in [0, 0.05) is 17.6 Å². The molecule has 0 unspecified atom stereocenters. The zero-order chi connectivity index (χ0) is 28.7. The summed E-state index contributed by atoms with van der Waals surface area (Å²) in [6.07, 6.45) is 5.14. The van der Waals surface area contributed by atoms with Crippen LogP contribution in [-0.4, -0.2) is 43.8 Å². The van der Waals surface area contributed by atoms with Gasteiger partial charge in [-0.3, -0.25) is 13.9 Å². The lowest BCUT2D eigenvalue weighted by molar-refractivity contribution is -0.139. The molecule has 0 saturated heterocycles. The summed E-state index contributed by atoms with van der Waals surface area (Å²) in [6, 6.07) is 21.3. The summed E-state index contributed by atoms with van der Waals surface area (Å²) < 4.78 is 28.6. The Kier molecular flexibility index (Phi) is 9.87. The van der Waals surface area contributed by atoms with E-state index in [1.54, 1.807) is 49.4 Å². The average molecular weight is 582 g/mol. The van der Waals surface area contributed by atoms with E-state index in [2.05, 4.69) is 5.32 Å². The SMILES string of the molecule is Cc1ccc(CN(C(=O)CN(c2ccc(Cl)cc2)S(=O)(=O)c2ccccc2)[C@@H](C)C(=O)NC2CCCCC2)cc1. The van der Waals surface area contributed by atoms with Crippen molar-refractivity contribution >= 4 is 39.1 Å². The van der Waals surface area contributed by atoms with Crippen molar-refractivity contribution in [1.82, 2.24) is 10.2 Å². The molecule has 1 saturated carbocycles. The zero-order valence-corrected chi connectivity index (χ0v) is 24.5. The molecule has 9 heteroatoms. The zero-order valence-electron chi connectivity index (χ0n) is 22.9. The van der Waals surface area contributed by atoms with Crippen molar-refractivity contribution in [2.45, 2.75) is 69.5 Å². The Morgan fingerprint density at radius 3 is 2.17 bits per heavy atom. The van der Waals surface area contributed by atoms with Crippen LogP contribution in [-0.2, 0) is 26.2 Å². The predicted molar refractivity (Wildman–Crippen MR) is 159 cm³/mol. The third-order valence-corrected chi connectivity index (χ3v) is 9.36. The van der Waals surface area contributed by atoms with Crippen molar-refractivity contribution in [3.8, 4) is 0 Å². The Labute approximate surface area is 242 Å². The van der Waals surface area contributed by atoms with Gasteiger partial charge in [0.25, 0.3) is 10.0 Å². The van der Waals surface area contributed by atoms with Crippen molar-refractivity contribution in [2.75, 3.05) is 10.8 Å². The number of sulfonamides is 1. The minimum absolute atomic E-state index is 0.0610. The van der Waals surface area contributed by atoms with Crippen LogP contribution >= 0.6 is 11.6 Å². The Hall–Kier alpha value is -3.36. The first-order valence-electron chi connectivity index (χ1n) is 13.6. The molecule has 212 valence electrons. The number of nitrogens with zero attached hydrogens (tertiary/aromatic N) is 2. The first-order valence-corrected chi connectivity index (χ1v) is 15.5. The number of rotatable bonds is 10. The van der Waals surface area contributed by atoms with Gasteiger partial charge in [-0.1, -0.05) is 78.9 Å². The van der Waals surface area contributed by atoms with Crippen molar-refractivity contribution < 1.29 is 18.0 Å². The highest BCUT2D eigenvalue weighted by atomic mass is 35.5. The number of nitrogens with one attached hydrogen (secondary N) is 1. The van der Waals surface area contributed by atoms with Crippen LogP contribution in [0.3, 0.4) is 0 Å². The fraction of sp³-hybridized carbons (Fsp3) is 0.355. The van der Waals surface area contributed by atoms with Gasteiger partial charge in [0.15, 0.2) is 0 Å². The monoisotopic (exact) mass is 581 g/mol. The minimum Gasteiger partial charge on any atom is -0.352 e. The molecule has 3 aromatic carbocycles. The van der Waals surface area contributed by atoms with Crippen molar-refractivity contribution in [1.29, 1.82) is 0 Å². The first kappa shape index (κ1) is 29.6. The number of anilines is 1. The molecular formula is C31H36ClN3O4S. The number of carbonyl (C=O) groups excluding carboxylic acids is 2. The minimum atomic E-state index is -4.10. The Bertz CT molecular complexity index is 1390. The number of carbonyl (C=O) groups is 2. The summed E-state index contributed by atoms with van der Waals surface area (Å²) in [6.45, 7) is 3.36. The predicted octanol–water partition coefficient (Wildman–Crippen LogP) is 5.71. The third kappa shape index (κ3) is 7.43. The van der Waals surface area contributed by atoms with E-state index in [-0.39, 0.29) is 23.4 Å². The molecule has 0 spiro atoms. The molecule has 0 aromatic heterocycles. The van der Waals surface area contributed by atoms with Gasteiger partial charge in [-0.25, -0.2) is 8.42 Å². The number of benzene rings is 3. The lowest BCUT2D eigenvalue weighted by Gasteiger charge is -2.33. The van der Waals surface area contributed by atoms with Gasteiger partial charge in [0.2, 0.25) is 11.8 Å². The lowest BCUT2D eigenvalue weighted by Crippen LogP contribution is -2.53. The van der Waals surface area contributed by atoms with E-state index in [9.17, 15) is 18.0 Å². The molecule has 0 heterocycles. The largest absolute Gasteiger partial charge is 0.352 e. The van der Waals surface area contributed by atoms with Crippen LogP contribution in [0.15, 0.2) is 83.8 Å². The summed E-state index contributed by atoms with van der Waals surface area (Å²) in [7, 11) is -4.10. The fourth-order valence-electron chi connectivity index (χ4n) is 4.90. The van der Waals surface area contributed by atoms with E-state index in [0.717, 1.165) is 47.5 Å². The van der Waals surface area contributed by atoms with Gasteiger partial charge in [-0.15, -0.1) is 0 Å². The van der Waals surface area contributed by atoms with E-state index in [0.29, 0.717) is 10.7 Å². The highest BCUT2D eigenvalue weighted by molar-refractivity contribution is 7.92. The van der Waals surface area contributed by atoms with Crippen LogP contribution < -0.4 is 9.62 Å². The van der Waals surface area contributed by atoms with Crippen LogP contribution in [0.2, 0.25) is 5.02 Å². The number of aryl methyl sites for hydroxylation is 1. The molecule has 2 amide bonds.